The lowest BCUT2D eigenvalue weighted by atomic mass is 10.2. The molecule has 1 fully saturated rings. The summed E-state index contributed by atoms with van der Waals surface area (Å²) in [5.41, 5.74) is 0.922. The van der Waals surface area contributed by atoms with Crippen LogP contribution >= 0.6 is 15.9 Å². The third kappa shape index (κ3) is 3.43. The highest BCUT2D eigenvalue weighted by molar-refractivity contribution is 9.10. The van der Waals surface area contributed by atoms with Crippen LogP contribution < -0.4 is 0 Å². The number of aromatic nitrogens is 2. The van der Waals surface area contributed by atoms with Crippen molar-refractivity contribution >= 4 is 27.9 Å². The Bertz CT molecular complexity index is 552. The number of nitrogens with zero attached hydrogens (tertiary/aromatic N) is 4. The van der Waals surface area contributed by atoms with E-state index in [4.69, 9.17) is 4.74 Å². The Labute approximate surface area is 138 Å². The molecule has 0 aliphatic carbocycles. The highest BCUT2D eigenvalue weighted by Gasteiger charge is 2.29. The summed E-state index contributed by atoms with van der Waals surface area (Å²) in [6, 6.07) is -0.361. The summed E-state index contributed by atoms with van der Waals surface area (Å²) in [4.78, 5) is 27.6. The number of amides is 2. The van der Waals surface area contributed by atoms with Crippen LogP contribution in [0.25, 0.3) is 0 Å². The Balaban J connectivity index is 1.95. The smallest absolute Gasteiger partial charge is 0.409 e. The van der Waals surface area contributed by atoms with E-state index < -0.39 is 0 Å². The van der Waals surface area contributed by atoms with Crippen molar-refractivity contribution in [3.8, 4) is 0 Å². The summed E-state index contributed by atoms with van der Waals surface area (Å²) >= 11 is 3.40. The number of ether oxygens (including phenoxy) is 1. The van der Waals surface area contributed by atoms with Gasteiger partial charge in [-0.1, -0.05) is 0 Å². The van der Waals surface area contributed by atoms with E-state index in [1.165, 1.54) is 0 Å². The fraction of sp³-hybridized carbons (Fsp3) is 0.643. The van der Waals surface area contributed by atoms with Gasteiger partial charge in [-0.05, 0) is 36.7 Å². The number of piperazine rings is 1. The van der Waals surface area contributed by atoms with Crippen LogP contribution in [0.15, 0.2) is 10.7 Å². The fourth-order valence-electron chi connectivity index (χ4n) is 2.49. The average molecular weight is 373 g/mol. The molecule has 22 heavy (non-hydrogen) atoms. The predicted octanol–water partition coefficient (Wildman–Crippen LogP) is 1.82. The van der Waals surface area contributed by atoms with E-state index in [9.17, 15) is 9.59 Å². The van der Waals surface area contributed by atoms with Gasteiger partial charge >= 0.3 is 6.09 Å². The lowest BCUT2D eigenvalue weighted by Crippen LogP contribution is -2.52. The summed E-state index contributed by atoms with van der Waals surface area (Å²) in [6.07, 6.45) is 1.38. The first-order chi connectivity index (χ1) is 10.5. The topological polar surface area (TPSA) is 67.7 Å². The normalized spacial score (nSPS) is 16.5. The molecule has 2 rings (SSSR count). The van der Waals surface area contributed by atoms with E-state index in [-0.39, 0.29) is 18.0 Å². The van der Waals surface area contributed by atoms with Crippen molar-refractivity contribution < 1.29 is 14.3 Å². The SMILES string of the molecule is CCOC(=O)N1CCN(C(=O)C(C)n2ncc(Br)c2C)CC1. The van der Waals surface area contributed by atoms with Crippen molar-refractivity contribution in [3.05, 3.63) is 16.4 Å². The first-order valence-electron chi connectivity index (χ1n) is 7.35. The molecule has 7 nitrogen and oxygen atoms in total. The third-order valence-corrected chi connectivity index (χ3v) is 4.60. The quantitative estimate of drug-likeness (QED) is 0.811. The maximum atomic E-state index is 12.6. The maximum absolute atomic E-state index is 12.6. The summed E-state index contributed by atoms with van der Waals surface area (Å²) in [7, 11) is 0. The van der Waals surface area contributed by atoms with E-state index >= 15 is 0 Å². The number of carbonyl (C=O) groups is 2. The van der Waals surface area contributed by atoms with Gasteiger partial charge in [0.1, 0.15) is 6.04 Å². The molecule has 1 aromatic rings. The molecule has 0 radical (unpaired) electrons. The molecule has 1 saturated heterocycles. The van der Waals surface area contributed by atoms with Gasteiger partial charge in [-0.25, -0.2) is 4.79 Å². The first kappa shape index (κ1) is 16.8. The average Bonchev–Trinajstić information content (AvgIpc) is 2.86. The zero-order chi connectivity index (χ0) is 16.3. The van der Waals surface area contributed by atoms with Crippen molar-refractivity contribution in [2.24, 2.45) is 0 Å². The van der Waals surface area contributed by atoms with Crippen molar-refractivity contribution in [1.29, 1.82) is 0 Å². The second kappa shape index (κ2) is 7.13. The molecule has 0 bridgehead atoms. The minimum atomic E-state index is -0.361. The highest BCUT2D eigenvalue weighted by Crippen LogP contribution is 2.20. The predicted molar refractivity (Wildman–Crippen MR) is 84.6 cm³/mol. The molecule has 0 aromatic carbocycles. The Hall–Kier alpha value is -1.57. The van der Waals surface area contributed by atoms with Gasteiger partial charge in [-0.15, -0.1) is 0 Å². The van der Waals surface area contributed by atoms with E-state index in [0.29, 0.717) is 32.8 Å². The summed E-state index contributed by atoms with van der Waals surface area (Å²) in [6.45, 7) is 7.93. The number of carbonyl (C=O) groups excluding carboxylic acids is 2. The molecule has 1 aliphatic heterocycles. The van der Waals surface area contributed by atoms with Crippen LogP contribution in [-0.4, -0.2) is 64.4 Å². The number of rotatable bonds is 3. The molecule has 1 unspecified atom stereocenters. The monoisotopic (exact) mass is 372 g/mol. The molecule has 1 aliphatic rings. The highest BCUT2D eigenvalue weighted by atomic mass is 79.9. The van der Waals surface area contributed by atoms with Gasteiger partial charge in [-0.3, -0.25) is 9.48 Å². The van der Waals surface area contributed by atoms with Gasteiger partial charge in [0.2, 0.25) is 5.91 Å². The van der Waals surface area contributed by atoms with E-state index in [1.54, 1.807) is 27.6 Å². The molecule has 8 heteroatoms. The van der Waals surface area contributed by atoms with Crippen molar-refractivity contribution in [3.63, 3.8) is 0 Å². The van der Waals surface area contributed by atoms with Crippen LogP contribution in [0, 0.1) is 6.92 Å². The lowest BCUT2D eigenvalue weighted by molar-refractivity contribution is -0.136. The van der Waals surface area contributed by atoms with Crippen molar-refractivity contribution in [2.45, 2.75) is 26.8 Å². The second-order valence-electron chi connectivity index (χ2n) is 5.21. The van der Waals surface area contributed by atoms with E-state index in [1.807, 2.05) is 13.8 Å². The third-order valence-electron chi connectivity index (χ3n) is 3.83. The molecule has 1 atom stereocenters. The summed E-state index contributed by atoms with van der Waals surface area (Å²) < 4.78 is 7.58. The summed E-state index contributed by atoms with van der Waals surface area (Å²) in [5.74, 6) is 0.0159. The fourth-order valence-corrected chi connectivity index (χ4v) is 2.76. The molecule has 2 heterocycles. The Morgan fingerprint density at radius 2 is 1.91 bits per heavy atom. The molecule has 0 spiro atoms. The van der Waals surface area contributed by atoms with Gasteiger partial charge in [-0.2, -0.15) is 5.10 Å². The molecule has 122 valence electrons. The van der Waals surface area contributed by atoms with E-state index in [0.717, 1.165) is 10.2 Å². The molecular formula is C14H21BrN4O3. The second-order valence-corrected chi connectivity index (χ2v) is 6.06. The standard InChI is InChI=1S/C14H21BrN4O3/c1-4-22-14(21)18-7-5-17(6-8-18)13(20)11(3)19-10(2)12(15)9-16-19/h9,11H,4-8H2,1-3H3. The largest absolute Gasteiger partial charge is 0.450 e. The van der Waals surface area contributed by atoms with Crippen LogP contribution in [0.2, 0.25) is 0 Å². The van der Waals surface area contributed by atoms with Crippen LogP contribution in [0.5, 0.6) is 0 Å². The van der Waals surface area contributed by atoms with Crippen molar-refractivity contribution in [2.75, 3.05) is 32.8 Å². The number of hydrogen-bond acceptors (Lipinski definition) is 4. The minimum absolute atomic E-state index is 0.0159. The zero-order valence-corrected chi connectivity index (χ0v) is 14.7. The Kier molecular flexibility index (Phi) is 5.44. The van der Waals surface area contributed by atoms with Crippen LogP contribution in [-0.2, 0) is 9.53 Å². The maximum Gasteiger partial charge on any atom is 0.409 e. The number of hydrogen-bond donors (Lipinski definition) is 0. The van der Waals surface area contributed by atoms with Gasteiger partial charge < -0.3 is 14.5 Å². The lowest BCUT2D eigenvalue weighted by Gasteiger charge is -2.35. The van der Waals surface area contributed by atoms with Crippen molar-refractivity contribution in [1.82, 2.24) is 19.6 Å². The van der Waals surface area contributed by atoms with Gasteiger partial charge in [0.15, 0.2) is 0 Å². The zero-order valence-electron chi connectivity index (χ0n) is 13.1. The molecule has 2 amide bonds. The van der Waals surface area contributed by atoms with Gasteiger partial charge in [0.25, 0.3) is 0 Å². The Morgan fingerprint density at radius 3 is 2.41 bits per heavy atom. The minimum Gasteiger partial charge on any atom is -0.450 e. The molecule has 1 aromatic heterocycles. The van der Waals surface area contributed by atoms with Gasteiger partial charge in [0, 0.05) is 26.2 Å². The van der Waals surface area contributed by atoms with Crippen LogP contribution in [0.4, 0.5) is 4.79 Å². The van der Waals surface area contributed by atoms with Crippen LogP contribution in [0.3, 0.4) is 0 Å². The van der Waals surface area contributed by atoms with Gasteiger partial charge in [0.05, 0.1) is 23.0 Å². The molecular weight excluding hydrogens is 352 g/mol. The Morgan fingerprint density at radius 1 is 1.32 bits per heavy atom. The first-order valence-corrected chi connectivity index (χ1v) is 8.15. The molecule has 0 N–H and O–H groups in total. The van der Waals surface area contributed by atoms with E-state index in [2.05, 4.69) is 21.0 Å². The molecule has 0 saturated carbocycles. The number of halogens is 1. The van der Waals surface area contributed by atoms with Crippen LogP contribution in [0.1, 0.15) is 25.6 Å². The summed E-state index contributed by atoms with van der Waals surface area (Å²) in [5, 5.41) is 4.24.